The first-order valence-electron chi connectivity index (χ1n) is 6.61. The maximum atomic E-state index is 5.77. The Balaban J connectivity index is 2.36. The second-order valence-electron chi connectivity index (χ2n) is 4.77. The number of rotatable bonds is 5. The Hall–Kier alpha value is -2.02. The summed E-state index contributed by atoms with van der Waals surface area (Å²) < 4.78 is 5.77. The van der Waals surface area contributed by atoms with Gasteiger partial charge in [0.25, 0.3) is 0 Å². The van der Waals surface area contributed by atoms with Crippen LogP contribution in [0.5, 0.6) is 5.75 Å². The summed E-state index contributed by atoms with van der Waals surface area (Å²) in [5.41, 5.74) is 3.79. The molecular weight excluding hydrogens is 232 g/mol. The van der Waals surface area contributed by atoms with Crippen molar-refractivity contribution in [1.29, 1.82) is 0 Å². The summed E-state index contributed by atoms with van der Waals surface area (Å²) in [4.78, 5) is 0. The van der Waals surface area contributed by atoms with Gasteiger partial charge in [-0.25, -0.2) is 0 Å². The minimum atomic E-state index is 0.320. The molecule has 1 nitrogen and oxygen atoms in total. The predicted molar refractivity (Wildman–Crippen MR) is 80.8 cm³/mol. The highest BCUT2D eigenvalue weighted by molar-refractivity contribution is 5.43. The second kappa shape index (κ2) is 6.24. The summed E-state index contributed by atoms with van der Waals surface area (Å²) in [5, 5.41) is 0. The summed E-state index contributed by atoms with van der Waals surface area (Å²) in [5.74, 6) is 1.27. The third kappa shape index (κ3) is 3.25. The molecule has 0 heterocycles. The zero-order chi connectivity index (χ0) is 13.7. The first-order valence-corrected chi connectivity index (χ1v) is 6.61. The first-order chi connectivity index (χ1) is 9.22. The molecule has 0 spiro atoms. The van der Waals surface area contributed by atoms with Crippen LogP contribution in [0.15, 0.2) is 61.2 Å². The van der Waals surface area contributed by atoms with E-state index in [-0.39, 0.29) is 0 Å². The van der Waals surface area contributed by atoms with E-state index >= 15 is 0 Å². The molecule has 2 aromatic carbocycles. The fourth-order valence-electron chi connectivity index (χ4n) is 2.21. The van der Waals surface area contributed by atoms with Gasteiger partial charge in [0.1, 0.15) is 12.4 Å². The van der Waals surface area contributed by atoms with Crippen molar-refractivity contribution in [1.82, 2.24) is 0 Å². The quantitative estimate of drug-likeness (QED) is 0.700. The molecule has 0 bridgehead atoms. The zero-order valence-corrected chi connectivity index (χ0v) is 11.6. The molecule has 0 saturated carbocycles. The van der Waals surface area contributed by atoms with Crippen LogP contribution in [0, 0.1) is 6.92 Å². The number of ether oxygens (including phenoxy) is 1. The molecule has 0 aromatic heterocycles. The van der Waals surface area contributed by atoms with E-state index in [4.69, 9.17) is 4.74 Å². The highest BCUT2D eigenvalue weighted by Gasteiger charge is 2.13. The van der Waals surface area contributed by atoms with Gasteiger partial charge < -0.3 is 4.74 Å². The van der Waals surface area contributed by atoms with E-state index < -0.39 is 0 Å². The van der Waals surface area contributed by atoms with Gasteiger partial charge in [-0.1, -0.05) is 67.6 Å². The summed E-state index contributed by atoms with van der Waals surface area (Å²) in [6, 6.07) is 16.8. The molecule has 0 radical (unpaired) electrons. The molecule has 0 aliphatic heterocycles. The van der Waals surface area contributed by atoms with Gasteiger partial charge in [-0.15, -0.1) is 0 Å². The largest absolute Gasteiger partial charge is 0.489 e. The topological polar surface area (TPSA) is 9.23 Å². The monoisotopic (exact) mass is 252 g/mol. The van der Waals surface area contributed by atoms with Gasteiger partial charge >= 0.3 is 0 Å². The molecule has 2 aromatic rings. The molecule has 0 fully saturated rings. The fraction of sp³-hybridized carbons (Fsp3) is 0.222. The van der Waals surface area contributed by atoms with Crippen LogP contribution in [0.25, 0.3) is 0 Å². The minimum absolute atomic E-state index is 0.320. The Kier molecular flexibility index (Phi) is 4.40. The van der Waals surface area contributed by atoms with E-state index in [9.17, 15) is 0 Å². The van der Waals surface area contributed by atoms with Crippen molar-refractivity contribution < 1.29 is 4.74 Å². The molecule has 0 amide bonds. The van der Waals surface area contributed by atoms with Crippen molar-refractivity contribution in [3.8, 4) is 5.75 Å². The smallest absolute Gasteiger partial charge is 0.123 e. The maximum Gasteiger partial charge on any atom is 0.123 e. The van der Waals surface area contributed by atoms with E-state index in [0.717, 1.165) is 5.75 Å². The van der Waals surface area contributed by atoms with Crippen LogP contribution < -0.4 is 4.74 Å². The van der Waals surface area contributed by atoms with Crippen molar-refractivity contribution in [2.45, 2.75) is 19.8 Å². The Labute approximate surface area is 115 Å². The number of benzene rings is 2. The number of aryl methyl sites for hydroxylation is 1. The van der Waals surface area contributed by atoms with Crippen LogP contribution in [-0.2, 0) is 0 Å². The third-order valence-electron chi connectivity index (χ3n) is 3.29. The van der Waals surface area contributed by atoms with E-state index in [1.807, 2.05) is 12.1 Å². The standard InChI is InChI=1S/C18H20O/c1-4-12-19-18-11-10-14(2)13-17(18)15(3)16-8-6-5-7-9-16/h4-11,13,15H,1,12H2,2-3H3. The van der Waals surface area contributed by atoms with Crippen LogP contribution in [-0.4, -0.2) is 6.61 Å². The van der Waals surface area contributed by atoms with Crippen LogP contribution in [0.2, 0.25) is 0 Å². The predicted octanol–water partition coefficient (Wildman–Crippen LogP) is 4.71. The molecule has 0 saturated heterocycles. The summed E-state index contributed by atoms with van der Waals surface area (Å²) in [7, 11) is 0. The highest BCUT2D eigenvalue weighted by Crippen LogP contribution is 2.32. The van der Waals surface area contributed by atoms with Crippen molar-refractivity contribution in [2.75, 3.05) is 6.61 Å². The van der Waals surface area contributed by atoms with E-state index in [1.54, 1.807) is 6.08 Å². The molecular formula is C18H20O. The minimum Gasteiger partial charge on any atom is -0.489 e. The average molecular weight is 252 g/mol. The molecule has 1 heteroatoms. The van der Waals surface area contributed by atoms with Crippen molar-refractivity contribution in [3.05, 3.63) is 77.9 Å². The number of hydrogen-bond acceptors (Lipinski definition) is 1. The third-order valence-corrected chi connectivity index (χ3v) is 3.29. The molecule has 1 atom stereocenters. The van der Waals surface area contributed by atoms with Crippen LogP contribution in [0.3, 0.4) is 0 Å². The fourth-order valence-corrected chi connectivity index (χ4v) is 2.21. The molecule has 0 N–H and O–H groups in total. The molecule has 0 aliphatic rings. The van der Waals surface area contributed by atoms with Gasteiger partial charge in [0, 0.05) is 11.5 Å². The first kappa shape index (κ1) is 13.4. The molecule has 98 valence electrons. The van der Waals surface area contributed by atoms with Crippen molar-refractivity contribution >= 4 is 0 Å². The summed E-state index contributed by atoms with van der Waals surface area (Å²) in [6.07, 6.45) is 1.77. The Bertz CT molecular complexity index is 543. The lowest BCUT2D eigenvalue weighted by Crippen LogP contribution is -2.02. The molecule has 2 rings (SSSR count). The van der Waals surface area contributed by atoms with E-state index in [0.29, 0.717) is 12.5 Å². The lowest BCUT2D eigenvalue weighted by atomic mass is 9.91. The van der Waals surface area contributed by atoms with Gasteiger partial charge in [0.2, 0.25) is 0 Å². The van der Waals surface area contributed by atoms with Gasteiger partial charge in [0.15, 0.2) is 0 Å². The van der Waals surface area contributed by atoms with Crippen molar-refractivity contribution in [3.63, 3.8) is 0 Å². The zero-order valence-electron chi connectivity index (χ0n) is 11.6. The van der Waals surface area contributed by atoms with Gasteiger partial charge in [-0.2, -0.15) is 0 Å². The normalized spacial score (nSPS) is 11.9. The Morgan fingerprint density at radius 1 is 1.16 bits per heavy atom. The summed E-state index contributed by atoms with van der Waals surface area (Å²) >= 11 is 0. The molecule has 0 aliphatic carbocycles. The van der Waals surface area contributed by atoms with Crippen molar-refractivity contribution in [2.24, 2.45) is 0 Å². The summed E-state index contributed by atoms with van der Waals surface area (Å²) in [6.45, 7) is 8.56. The maximum absolute atomic E-state index is 5.77. The van der Waals surface area contributed by atoms with Gasteiger partial charge in [-0.3, -0.25) is 0 Å². The lowest BCUT2D eigenvalue weighted by molar-refractivity contribution is 0.358. The number of hydrogen-bond donors (Lipinski definition) is 0. The lowest BCUT2D eigenvalue weighted by Gasteiger charge is -2.17. The van der Waals surface area contributed by atoms with E-state index in [2.05, 4.69) is 56.8 Å². The average Bonchev–Trinajstić information content (AvgIpc) is 2.46. The molecule has 1 unspecified atom stereocenters. The molecule has 19 heavy (non-hydrogen) atoms. The second-order valence-corrected chi connectivity index (χ2v) is 4.77. The Morgan fingerprint density at radius 2 is 1.89 bits per heavy atom. The van der Waals surface area contributed by atoms with Crippen LogP contribution in [0.4, 0.5) is 0 Å². The Morgan fingerprint density at radius 3 is 2.58 bits per heavy atom. The van der Waals surface area contributed by atoms with Crippen LogP contribution in [0.1, 0.15) is 29.5 Å². The highest BCUT2D eigenvalue weighted by atomic mass is 16.5. The van der Waals surface area contributed by atoms with Crippen LogP contribution >= 0.6 is 0 Å². The SMILES string of the molecule is C=CCOc1ccc(C)cc1C(C)c1ccccc1. The van der Waals surface area contributed by atoms with E-state index in [1.165, 1.54) is 16.7 Å². The van der Waals surface area contributed by atoms with Gasteiger partial charge in [0.05, 0.1) is 0 Å². The van der Waals surface area contributed by atoms with Gasteiger partial charge in [-0.05, 0) is 18.6 Å².